The molecule has 1 heterocycles. The molecule has 0 aromatic heterocycles. The lowest BCUT2D eigenvalue weighted by atomic mass is 10.1. The summed E-state index contributed by atoms with van der Waals surface area (Å²) in [4.78, 5) is 12.0. The van der Waals surface area contributed by atoms with E-state index in [-0.39, 0.29) is 11.9 Å². The van der Waals surface area contributed by atoms with Crippen LogP contribution in [0.5, 0.6) is 0 Å². The van der Waals surface area contributed by atoms with Gasteiger partial charge >= 0.3 is 0 Å². The van der Waals surface area contributed by atoms with Crippen molar-refractivity contribution in [3.8, 4) is 0 Å². The number of aryl methyl sites for hydroxylation is 1. The minimum absolute atomic E-state index is 0.00694. The molecule has 0 radical (unpaired) electrons. The Labute approximate surface area is 110 Å². The van der Waals surface area contributed by atoms with Crippen molar-refractivity contribution in [2.75, 3.05) is 13.2 Å². The normalized spacial score (nSPS) is 16.8. The average molecular weight is 298 g/mol. The van der Waals surface area contributed by atoms with Gasteiger partial charge in [0.1, 0.15) is 0 Å². The minimum atomic E-state index is 0.00694. The van der Waals surface area contributed by atoms with E-state index in [1.165, 1.54) is 0 Å². The first kappa shape index (κ1) is 12.6. The largest absolute Gasteiger partial charge is 0.381 e. The Morgan fingerprint density at radius 3 is 2.76 bits per heavy atom. The molecule has 1 fully saturated rings. The molecule has 3 nitrogen and oxygen atoms in total. The van der Waals surface area contributed by atoms with Crippen molar-refractivity contribution in [3.05, 3.63) is 33.8 Å². The predicted octanol–water partition coefficient (Wildman–Crippen LogP) is 2.67. The summed E-state index contributed by atoms with van der Waals surface area (Å²) < 4.78 is 6.29. The molecule has 17 heavy (non-hydrogen) atoms. The maximum Gasteiger partial charge on any atom is 0.251 e. The van der Waals surface area contributed by atoms with E-state index < -0.39 is 0 Å². The number of rotatable bonds is 2. The number of carbonyl (C=O) groups excluding carboxylic acids is 1. The second kappa shape index (κ2) is 5.65. The van der Waals surface area contributed by atoms with Gasteiger partial charge in [0.25, 0.3) is 5.91 Å². The van der Waals surface area contributed by atoms with E-state index in [4.69, 9.17) is 4.74 Å². The molecule has 1 aromatic carbocycles. The van der Waals surface area contributed by atoms with Gasteiger partial charge in [-0.25, -0.2) is 0 Å². The van der Waals surface area contributed by atoms with Crippen LogP contribution in [-0.4, -0.2) is 25.2 Å². The predicted molar refractivity (Wildman–Crippen MR) is 70.2 cm³/mol. The molecule has 1 saturated heterocycles. The van der Waals surface area contributed by atoms with Crippen molar-refractivity contribution < 1.29 is 9.53 Å². The molecule has 0 atom stereocenters. The van der Waals surface area contributed by atoms with Gasteiger partial charge in [-0.05, 0) is 43.5 Å². The second-order valence-electron chi connectivity index (χ2n) is 4.32. The molecule has 0 aliphatic carbocycles. The highest BCUT2D eigenvalue weighted by Crippen LogP contribution is 2.17. The Morgan fingerprint density at radius 2 is 2.12 bits per heavy atom. The zero-order valence-electron chi connectivity index (χ0n) is 9.83. The van der Waals surface area contributed by atoms with Gasteiger partial charge in [0.15, 0.2) is 0 Å². The average Bonchev–Trinajstić information content (AvgIpc) is 2.34. The topological polar surface area (TPSA) is 38.3 Å². The zero-order valence-corrected chi connectivity index (χ0v) is 11.4. The van der Waals surface area contributed by atoms with Gasteiger partial charge in [-0.15, -0.1) is 0 Å². The lowest BCUT2D eigenvalue weighted by Gasteiger charge is -2.23. The molecule has 1 aliphatic heterocycles. The minimum Gasteiger partial charge on any atom is -0.381 e. The standard InChI is InChI=1S/C13H16BrNO2/c1-9-8-10(2-3-12(9)14)13(16)15-11-4-6-17-7-5-11/h2-3,8,11H,4-7H2,1H3,(H,15,16). The van der Waals surface area contributed by atoms with Gasteiger partial charge in [0.2, 0.25) is 0 Å². The second-order valence-corrected chi connectivity index (χ2v) is 5.18. The third-order valence-corrected chi connectivity index (χ3v) is 3.87. The van der Waals surface area contributed by atoms with Crippen molar-refractivity contribution in [3.63, 3.8) is 0 Å². The van der Waals surface area contributed by atoms with E-state index in [0.717, 1.165) is 41.7 Å². The van der Waals surface area contributed by atoms with Crippen molar-refractivity contribution in [2.45, 2.75) is 25.8 Å². The molecule has 1 N–H and O–H groups in total. The third-order valence-electron chi connectivity index (χ3n) is 2.98. The molecule has 2 rings (SSSR count). The van der Waals surface area contributed by atoms with Crippen molar-refractivity contribution in [1.82, 2.24) is 5.32 Å². The molecule has 0 spiro atoms. The van der Waals surface area contributed by atoms with Gasteiger partial charge < -0.3 is 10.1 Å². The van der Waals surface area contributed by atoms with Crippen LogP contribution in [0.3, 0.4) is 0 Å². The summed E-state index contributed by atoms with van der Waals surface area (Å²) in [5.41, 5.74) is 1.79. The number of hydrogen-bond donors (Lipinski definition) is 1. The fraction of sp³-hybridized carbons (Fsp3) is 0.462. The van der Waals surface area contributed by atoms with Crippen molar-refractivity contribution >= 4 is 21.8 Å². The first-order valence-electron chi connectivity index (χ1n) is 5.81. The van der Waals surface area contributed by atoms with Crippen LogP contribution in [0.25, 0.3) is 0 Å². The van der Waals surface area contributed by atoms with Crippen molar-refractivity contribution in [1.29, 1.82) is 0 Å². The summed E-state index contributed by atoms with van der Waals surface area (Å²) in [5, 5.41) is 3.05. The molecular formula is C13H16BrNO2. The lowest BCUT2D eigenvalue weighted by Crippen LogP contribution is -2.38. The lowest BCUT2D eigenvalue weighted by molar-refractivity contribution is 0.0696. The smallest absolute Gasteiger partial charge is 0.251 e. The molecule has 1 aliphatic rings. The van der Waals surface area contributed by atoms with Crippen LogP contribution in [0, 0.1) is 6.92 Å². The summed E-state index contributed by atoms with van der Waals surface area (Å²) in [6, 6.07) is 5.90. The first-order chi connectivity index (χ1) is 8.16. The number of amides is 1. The molecule has 0 saturated carbocycles. The van der Waals surface area contributed by atoms with Crippen LogP contribution in [0.1, 0.15) is 28.8 Å². The van der Waals surface area contributed by atoms with Crippen LogP contribution in [0.4, 0.5) is 0 Å². The summed E-state index contributed by atoms with van der Waals surface area (Å²) in [5.74, 6) is 0.00694. The SMILES string of the molecule is Cc1cc(C(=O)NC2CCOCC2)ccc1Br. The number of benzene rings is 1. The van der Waals surface area contributed by atoms with E-state index in [1.54, 1.807) is 0 Å². The van der Waals surface area contributed by atoms with Gasteiger partial charge in [0, 0.05) is 29.3 Å². The zero-order chi connectivity index (χ0) is 12.3. The van der Waals surface area contributed by atoms with Crippen molar-refractivity contribution in [2.24, 2.45) is 0 Å². The Kier molecular flexibility index (Phi) is 4.18. The quantitative estimate of drug-likeness (QED) is 0.911. The van der Waals surface area contributed by atoms with Crippen LogP contribution in [-0.2, 0) is 4.74 Å². The Balaban J connectivity index is 2.01. The fourth-order valence-corrected chi connectivity index (χ4v) is 2.14. The van der Waals surface area contributed by atoms with E-state index in [2.05, 4.69) is 21.2 Å². The van der Waals surface area contributed by atoms with Gasteiger partial charge in [-0.1, -0.05) is 15.9 Å². The summed E-state index contributed by atoms with van der Waals surface area (Å²) in [6.45, 7) is 3.46. The van der Waals surface area contributed by atoms with E-state index in [0.29, 0.717) is 0 Å². The number of carbonyl (C=O) groups is 1. The van der Waals surface area contributed by atoms with E-state index in [1.807, 2.05) is 25.1 Å². The monoisotopic (exact) mass is 297 g/mol. The summed E-state index contributed by atoms with van der Waals surface area (Å²) >= 11 is 3.43. The molecule has 1 aromatic rings. The van der Waals surface area contributed by atoms with Gasteiger partial charge in [-0.2, -0.15) is 0 Å². The highest BCUT2D eigenvalue weighted by molar-refractivity contribution is 9.10. The van der Waals surface area contributed by atoms with Gasteiger partial charge in [0.05, 0.1) is 0 Å². The van der Waals surface area contributed by atoms with Crippen LogP contribution < -0.4 is 5.32 Å². The number of hydrogen-bond acceptors (Lipinski definition) is 2. The van der Waals surface area contributed by atoms with Gasteiger partial charge in [-0.3, -0.25) is 4.79 Å². The maximum atomic E-state index is 12.0. The maximum absolute atomic E-state index is 12.0. The summed E-state index contributed by atoms with van der Waals surface area (Å²) in [6.07, 6.45) is 1.81. The van der Waals surface area contributed by atoms with Crippen LogP contribution in [0.15, 0.2) is 22.7 Å². The highest BCUT2D eigenvalue weighted by atomic mass is 79.9. The number of nitrogens with one attached hydrogen (secondary N) is 1. The Hall–Kier alpha value is -0.870. The molecule has 0 bridgehead atoms. The first-order valence-corrected chi connectivity index (χ1v) is 6.61. The molecule has 1 amide bonds. The Bertz CT molecular complexity index is 414. The van der Waals surface area contributed by atoms with Crippen LogP contribution >= 0.6 is 15.9 Å². The summed E-state index contributed by atoms with van der Waals surface area (Å²) in [7, 11) is 0. The van der Waals surface area contributed by atoms with E-state index in [9.17, 15) is 4.79 Å². The molecular weight excluding hydrogens is 282 g/mol. The van der Waals surface area contributed by atoms with E-state index >= 15 is 0 Å². The third kappa shape index (κ3) is 3.30. The molecule has 92 valence electrons. The molecule has 4 heteroatoms. The fourth-order valence-electron chi connectivity index (χ4n) is 1.90. The molecule has 0 unspecified atom stereocenters. The highest BCUT2D eigenvalue weighted by Gasteiger charge is 2.17. The Morgan fingerprint density at radius 1 is 1.41 bits per heavy atom. The van der Waals surface area contributed by atoms with Crippen LogP contribution in [0.2, 0.25) is 0 Å². The number of halogens is 1. The number of ether oxygens (including phenoxy) is 1.